The fourth-order valence-electron chi connectivity index (χ4n) is 2.65. The number of para-hydroxylation sites is 1. The molecule has 96 valence electrons. The molecule has 0 aromatic heterocycles. The van der Waals surface area contributed by atoms with Gasteiger partial charge in [-0.2, -0.15) is 0 Å². The molecule has 1 heterocycles. The lowest BCUT2D eigenvalue weighted by molar-refractivity contribution is -0.118. The number of nitrogens with one attached hydrogen (secondary N) is 1. The van der Waals surface area contributed by atoms with E-state index in [2.05, 4.69) is 30.4 Å². The summed E-state index contributed by atoms with van der Waals surface area (Å²) in [6.45, 7) is 3.54. The van der Waals surface area contributed by atoms with Gasteiger partial charge in [0.2, 0.25) is 5.91 Å². The van der Waals surface area contributed by atoms with E-state index in [9.17, 15) is 4.79 Å². The summed E-state index contributed by atoms with van der Waals surface area (Å²) < 4.78 is 0. The molecule has 0 spiro atoms. The topological polar surface area (TPSA) is 32.3 Å². The van der Waals surface area contributed by atoms with Crippen LogP contribution in [0.1, 0.15) is 25.3 Å². The maximum Gasteiger partial charge on any atom is 0.240 e. The van der Waals surface area contributed by atoms with Crippen LogP contribution in [0.25, 0.3) is 0 Å². The van der Waals surface area contributed by atoms with E-state index in [4.69, 9.17) is 0 Å². The van der Waals surface area contributed by atoms with Gasteiger partial charge in [0.1, 0.15) is 0 Å². The minimum absolute atomic E-state index is 0.209. The van der Waals surface area contributed by atoms with Crippen LogP contribution in [-0.2, 0) is 11.2 Å². The molecule has 0 radical (unpaired) electrons. The third-order valence-corrected chi connectivity index (χ3v) is 3.77. The molecule has 3 rings (SSSR count). The molecule has 1 aromatic rings. The number of hydrogen-bond donors (Lipinski definition) is 1. The third-order valence-electron chi connectivity index (χ3n) is 3.77. The summed E-state index contributed by atoms with van der Waals surface area (Å²) in [4.78, 5) is 14.3. The van der Waals surface area contributed by atoms with Gasteiger partial charge in [-0.3, -0.25) is 4.79 Å². The van der Waals surface area contributed by atoms with Crippen LogP contribution in [0.2, 0.25) is 0 Å². The second-order valence-electron chi connectivity index (χ2n) is 5.60. The fraction of sp³-hybridized carbons (Fsp3) is 0.533. The zero-order valence-electron chi connectivity index (χ0n) is 10.9. The Morgan fingerprint density at radius 1 is 1.39 bits per heavy atom. The smallest absolute Gasteiger partial charge is 0.240 e. The van der Waals surface area contributed by atoms with Crippen LogP contribution in [0.15, 0.2) is 24.3 Å². The molecule has 1 N–H and O–H groups in total. The molecule has 1 aliphatic heterocycles. The van der Waals surface area contributed by atoms with Crippen LogP contribution in [-0.4, -0.2) is 25.0 Å². The Bertz CT molecular complexity index is 454. The average molecular weight is 244 g/mol. The summed E-state index contributed by atoms with van der Waals surface area (Å²) in [5, 5.41) is 3.31. The SMILES string of the molecule is CC1Cc2ccccc2N(C(=O)CNC2CC2)C1. The van der Waals surface area contributed by atoms with E-state index < -0.39 is 0 Å². The highest BCUT2D eigenvalue weighted by Crippen LogP contribution is 2.29. The molecule has 3 heteroatoms. The summed E-state index contributed by atoms with van der Waals surface area (Å²) in [5.41, 5.74) is 2.41. The van der Waals surface area contributed by atoms with Crippen molar-refractivity contribution in [3.8, 4) is 0 Å². The van der Waals surface area contributed by atoms with Gasteiger partial charge in [-0.15, -0.1) is 0 Å². The van der Waals surface area contributed by atoms with Crippen molar-refractivity contribution in [3.63, 3.8) is 0 Å². The average Bonchev–Trinajstić information content (AvgIpc) is 3.19. The molecular formula is C15H20N2O. The molecule has 1 amide bonds. The van der Waals surface area contributed by atoms with E-state index in [1.807, 2.05) is 11.0 Å². The zero-order chi connectivity index (χ0) is 12.5. The van der Waals surface area contributed by atoms with Gasteiger partial charge in [0, 0.05) is 18.3 Å². The lowest BCUT2D eigenvalue weighted by Gasteiger charge is -2.33. The molecule has 1 fully saturated rings. The molecule has 1 atom stereocenters. The maximum atomic E-state index is 12.3. The van der Waals surface area contributed by atoms with Crippen LogP contribution >= 0.6 is 0 Å². The lowest BCUT2D eigenvalue weighted by atomic mass is 9.94. The maximum absolute atomic E-state index is 12.3. The molecule has 1 aliphatic carbocycles. The lowest BCUT2D eigenvalue weighted by Crippen LogP contribution is -2.44. The van der Waals surface area contributed by atoms with Crippen LogP contribution in [0, 0.1) is 5.92 Å². The Morgan fingerprint density at radius 2 is 2.17 bits per heavy atom. The first-order valence-corrected chi connectivity index (χ1v) is 6.85. The number of benzene rings is 1. The highest BCUT2D eigenvalue weighted by molar-refractivity contribution is 5.96. The fourth-order valence-corrected chi connectivity index (χ4v) is 2.65. The minimum atomic E-state index is 0.209. The monoisotopic (exact) mass is 244 g/mol. The number of hydrogen-bond acceptors (Lipinski definition) is 2. The predicted octanol–water partition coefficient (Wildman–Crippen LogP) is 1.96. The van der Waals surface area contributed by atoms with Gasteiger partial charge in [0.15, 0.2) is 0 Å². The molecule has 0 bridgehead atoms. The van der Waals surface area contributed by atoms with E-state index >= 15 is 0 Å². The molecule has 3 nitrogen and oxygen atoms in total. The summed E-state index contributed by atoms with van der Waals surface area (Å²) >= 11 is 0. The van der Waals surface area contributed by atoms with E-state index in [-0.39, 0.29) is 5.91 Å². The number of fused-ring (bicyclic) bond motifs is 1. The van der Waals surface area contributed by atoms with Crippen molar-refractivity contribution in [2.75, 3.05) is 18.0 Å². The van der Waals surface area contributed by atoms with E-state index in [0.29, 0.717) is 18.5 Å². The Kier molecular flexibility index (Phi) is 3.08. The van der Waals surface area contributed by atoms with Crippen molar-refractivity contribution < 1.29 is 4.79 Å². The standard InChI is InChI=1S/C15H20N2O/c1-11-8-12-4-2-3-5-14(12)17(10-11)15(18)9-16-13-6-7-13/h2-5,11,13,16H,6-10H2,1H3. The first-order valence-electron chi connectivity index (χ1n) is 6.85. The molecule has 1 aromatic carbocycles. The van der Waals surface area contributed by atoms with Crippen molar-refractivity contribution >= 4 is 11.6 Å². The Balaban J connectivity index is 1.76. The predicted molar refractivity (Wildman–Crippen MR) is 72.7 cm³/mol. The van der Waals surface area contributed by atoms with Crippen molar-refractivity contribution in [1.82, 2.24) is 5.32 Å². The first-order chi connectivity index (χ1) is 8.74. The zero-order valence-corrected chi connectivity index (χ0v) is 10.9. The van der Waals surface area contributed by atoms with Crippen molar-refractivity contribution in [2.24, 2.45) is 5.92 Å². The highest BCUT2D eigenvalue weighted by Gasteiger charge is 2.27. The normalized spacial score (nSPS) is 22.7. The number of anilines is 1. The van der Waals surface area contributed by atoms with Crippen LogP contribution in [0.5, 0.6) is 0 Å². The minimum Gasteiger partial charge on any atom is -0.311 e. The number of carbonyl (C=O) groups excluding carboxylic acids is 1. The first kappa shape index (κ1) is 11.7. The molecule has 2 aliphatic rings. The van der Waals surface area contributed by atoms with E-state index in [0.717, 1.165) is 18.7 Å². The summed E-state index contributed by atoms with van der Waals surface area (Å²) in [6.07, 6.45) is 3.52. The van der Waals surface area contributed by atoms with Crippen molar-refractivity contribution in [2.45, 2.75) is 32.2 Å². The Morgan fingerprint density at radius 3 is 2.94 bits per heavy atom. The van der Waals surface area contributed by atoms with Gasteiger partial charge in [-0.25, -0.2) is 0 Å². The summed E-state index contributed by atoms with van der Waals surface area (Å²) in [7, 11) is 0. The number of carbonyl (C=O) groups is 1. The van der Waals surface area contributed by atoms with Gasteiger partial charge in [-0.05, 0) is 36.8 Å². The quantitative estimate of drug-likeness (QED) is 0.881. The molecule has 18 heavy (non-hydrogen) atoms. The van der Waals surface area contributed by atoms with Gasteiger partial charge in [0.25, 0.3) is 0 Å². The second-order valence-corrected chi connectivity index (χ2v) is 5.60. The van der Waals surface area contributed by atoms with E-state index in [1.54, 1.807) is 0 Å². The largest absolute Gasteiger partial charge is 0.311 e. The molecule has 1 unspecified atom stereocenters. The third kappa shape index (κ3) is 2.41. The van der Waals surface area contributed by atoms with Crippen LogP contribution < -0.4 is 10.2 Å². The van der Waals surface area contributed by atoms with Crippen molar-refractivity contribution in [3.05, 3.63) is 29.8 Å². The van der Waals surface area contributed by atoms with Gasteiger partial charge < -0.3 is 10.2 Å². The Hall–Kier alpha value is -1.35. The number of rotatable bonds is 3. The molecule has 0 saturated heterocycles. The van der Waals surface area contributed by atoms with Gasteiger partial charge in [0.05, 0.1) is 6.54 Å². The van der Waals surface area contributed by atoms with Crippen molar-refractivity contribution in [1.29, 1.82) is 0 Å². The Labute approximate surface area is 108 Å². The van der Waals surface area contributed by atoms with Gasteiger partial charge >= 0.3 is 0 Å². The summed E-state index contributed by atoms with van der Waals surface area (Å²) in [6, 6.07) is 8.87. The van der Waals surface area contributed by atoms with Gasteiger partial charge in [-0.1, -0.05) is 25.1 Å². The van der Waals surface area contributed by atoms with E-state index in [1.165, 1.54) is 18.4 Å². The number of amides is 1. The summed E-state index contributed by atoms with van der Waals surface area (Å²) in [5.74, 6) is 0.755. The molecule has 1 saturated carbocycles. The van der Waals surface area contributed by atoms with Crippen LogP contribution in [0.4, 0.5) is 5.69 Å². The molecular weight excluding hydrogens is 224 g/mol. The second kappa shape index (κ2) is 4.73. The van der Waals surface area contributed by atoms with Crippen LogP contribution in [0.3, 0.4) is 0 Å². The highest BCUT2D eigenvalue weighted by atomic mass is 16.2. The number of nitrogens with zero attached hydrogens (tertiary/aromatic N) is 1.